The van der Waals surface area contributed by atoms with Crippen LogP contribution in [0.15, 0.2) is 78.9 Å². The minimum absolute atomic E-state index is 0.272. The zero-order chi connectivity index (χ0) is 21.5. The van der Waals surface area contributed by atoms with Crippen molar-refractivity contribution in [2.45, 2.75) is 19.8 Å². The van der Waals surface area contributed by atoms with Crippen LogP contribution in [0.25, 0.3) is 11.1 Å². The summed E-state index contributed by atoms with van der Waals surface area (Å²) in [6.07, 6.45) is 1.22. The maximum Gasteiger partial charge on any atom is 0.338 e. The van der Waals surface area contributed by atoms with Gasteiger partial charge >= 0.3 is 5.97 Å². The zero-order valence-corrected chi connectivity index (χ0v) is 16.6. The lowest BCUT2D eigenvalue weighted by atomic mass is 9.99. The first-order valence-electron chi connectivity index (χ1n) is 9.42. The lowest BCUT2D eigenvalue weighted by Gasteiger charge is -2.09. The molecule has 0 aliphatic heterocycles. The molecule has 0 heterocycles. The van der Waals surface area contributed by atoms with E-state index in [1.807, 2.05) is 18.2 Å². The van der Waals surface area contributed by atoms with E-state index in [1.165, 1.54) is 6.07 Å². The highest BCUT2D eigenvalue weighted by Gasteiger charge is 2.08. The minimum atomic E-state index is -0.482. The number of aryl methyl sites for hydroxylation is 2. The smallest absolute Gasteiger partial charge is 0.338 e. The van der Waals surface area contributed by atoms with Crippen molar-refractivity contribution in [3.8, 4) is 22.6 Å². The number of rotatable bonds is 8. The highest BCUT2D eigenvalue weighted by molar-refractivity contribution is 5.88. The van der Waals surface area contributed by atoms with Crippen LogP contribution in [0.4, 0.5) is 4.39 Å². The molecule has 0 saturated heterocycles. The van der Waals surface area contributed by atoms with Crippen LogP contribution >= 0.6 is 0 Å². The average molecular weight is 404 g/mol. The van der Waals surface area contributed by atoms with Gasteiger partial charge in [0.2, 0.25) is 0 Å². The fraction of sp³-hybridized carbons (Fsp3) is 0.120. The molecular formula is C25H21FO4. The van der Waals surface area contributed by atoms with E-state index in [0.29, 0.717) is 41.9 Å². The molecule has 0 fully saturated rings. The molecule has 3 aromatic carbocycles. The molecular weight excluding hydrogens is 383 g/mol. The first kappa shape index (κ1) is 21.0. The van der Waals surface area contributed by atoms with Gasteiger partial charge in [-0.1, -0.05) is 43.0 Å². The third kappa shape index (κ3) is 5.41. The molecule has 0 bridgehead atoms. The largest absolute Gasteiger partial charge is 0.429 e. The van der Waals surface area contributed by atoms with E-state index >= 15 is 0 Å². The number of halogens is 1. The van der Waals surface area contributed by atoms with Crippen LogP contribution in [0.3, 0.4) is 0 Å². The average Bonchev–Trinajstić information content (AvgIpc) is 2.74. The van der Waals surface area contributed by atoms with Crippen molar-refractivity contribution < 1.29 is 23.5 Å². The minimum Gasteiger partial charge on any atom is -0.429 e. The van der Waals surface area contributed by atoms with Gasteiger partial charge in [0, 0.05) is 5.57 Å². The second-order valence-corrected chi connectivity index (χ2v) is 6.86. The van der Waals surface area contributed by atoms with Gasteiger partial charge in [0.15, 0.2) is 0 Å². The SMILES string of the molecule is C=C(C)C(=O)Oc1ccc(-c2ccc(CCc3ccc(OC=O)cc3)c(F)c2)cc1. The maximum absolute atomic E-state index is 14.6. The van der Waals surface area contributed by atoms with Crippen LogP contribution in [0.5, 0.6) is 11.5 Å². The summed E-state index contributed by atoms with van der Waals surface area (Å²) in [6, 6.07) is 19.2. The summed E-state index contributed by atoms with van der Waals surface area (Å²) < 4.78 is 24.5. The zero-order valence-electron chi connectivity index (χ0n) is 16.6. The standard InChI is InChI=1S/C25H21FO4/c1-17(2)25(28)30-23-13-9-19(10-14-23)21-8-7-20(24(26)15-21)6-3-18-4-11-22(12-5-18)29-16-27/h4-5,7-16H,1,3,6H2,2H3. The topological polar surface area (TPSA) is 52.6 Å². The molecule has 0 saturated carbocycles. The number of benzene rings is 3. The second-order valence-electron chi connectivity index (χ2n) is 6.86. The van der Waals surface area contributed by atoms with E-state index in [0.717, 1.165) is 16.7 Å². The Hall–Kier alpha value is -3.73. The molecule has 0 amide bonds. The van der Waals surface area contributed by atoms with Crippen LogP contribution in [0, 0.1) is 5.82 Å². The molecule has 0 aliphatic rings. The van der Waals surface area contributed by atoms with Crippen LogP contribution in [0.2, 0.25) is 0 Å². The lowest BCUT2D eigenvalue weighted by Crippen LogP contribution is -2.07. The maximum atomic E-state index is 14.6. The predicted octanol–water partition coefficient (Wildman–Crippen LogP) is 5.29. The van der Waals surface area contributed by atoms with E-state index in [1.54, 1.807) is 49.4 Å². The van der Waals surface area contributed by atoms with Gasteiger partial charge in [-0.2, -0.15) is 0 Å². The van der Waals surface area contributed by atoms with Gasteiger partial charge in [-0.15, -0.1) is 0 Å². The van der Waals surface area contributed by atoms with Gasteiger partial charge in [0.1, 0.15) is 17.3 Å². The summed E-state index contributed by atoms with van der Waals surface area (Å²) in [7, 11) is 0. The van der Waals surface area contributed by atoms with Crippen molar-refractivity contribution in [3.05, 3.63) is 95.8 Å². The van der Waals surface area contributed by atoms with Crippen molar-refractivity contribution in [1.82, 2.24) is 0 Å². The number of hydrogen-bond acceptors (Lipinski definition) is 4. The molecule has 152 valence electrons. The first-order chi connectivity index (χ1) is 14.5. The Kier molecular flexibility index (Phi) is 6.75. The number of esters is 1. The van der Waals surface area contributed by atoms with Crippen molar-refractivity contribution in [1.29, 1.82) is 0 Å². The number of ether oxygens (including phenoxy) is 2. The molecule has 3 rings (SSSR count). The van der Waals surface area contributed by atoms with E-state index in [-0.39, 0.29) is 5.82 Å². The number of carbonyl (C=O) groups is 2. The molecule has 0 radical (unpaired) electrons. The Bertz CT molecular complexity index is 1050. The van der Waals surface area contributed by atoms with Crippen LogP contribution in [-0.4, -0.2) is 12.4 Å². The lowest BCUT2D eigenvalue weighted by molar-refractivity contribution is -0.130. The van der Waals surface area contributed by atoms with Gasteiger partial charge in [0.25, 0.3) is 6.47 Å². The number of hydrogen-bond donors (Lipinski definition) is 0. The van der Waals surface area contributed by atoms with E-state index < -0.39 is 5.97 Å². The summed E-state index contributed by atoms with van der Waals surface area (Å²) in [5.74, 6) is 0.133. The molecule has 3 aromatic rings. The Morgan fingerprint density at radius 2 is 1.57 bits per heavy atom. The van der Waals surface area contributed by atoms with E-state index in [2.05, 4.69) is 6.58 Å². The van der Waals surface area contributed by atoms with Crippen LogP contribution < -0.4 is 9.47 Å². The molecule has 0 atom stereocenters. The monoisotopic (exact) mass is 404 g/mol. The summed E-state index contributed by atoms with van der Waals surface area (Å²) in [5, 5.41) is 0. The highest BCUT2D eigenvalue weighted by atomic mass is 19.1. The molecule has 0 unspecified atom stereocenters. The molecule has 0 spiro atoms. The summed E-state index contributed by atoms with van der Waals surface area (Å²) in [6.45, 7) is 5.51. The fourth-order valence-electron chi connectivity index (χ4n) is 2.91. The van der Waals surface area contributed by atoms with Crippen molar-refractivity contribution in [2.24, 2.45) is 0 Å². The molecule has 30 heavy (non-hydrogen) atoms. The molecule has 0 N–H and O–H groups in total. The Morgan fingerprint density at radius 3 is 2.17 bits per heavy atom. The van der Waals surface area contributed by atoms with Gasteiger partial charge < -0.3 is 9.47 Å². The van der Waals surface area contributed by atoms with Crippen LogP contribution in [0.1, 0.15) is 18.1 Å². The van der Waals surface area contributed by atoms with E-state index in [9.17, 15) is 14.0 Å². The third-order valence-corrected chi connectivity index (χ3v) is 4.59. The van der Waals surface area contributed by atoms with Crippen molar-refractivity contribution >= 4 is 12.4 Å². The van der Waals surface area contributed by atoms with Gasteiger partial charge in [-0.25, -0.2) is 9.18 Å². The van der Waals surface area contributed by atoms with E-state index in [4.69, 9.17) is 9.47 Å². The molecule has 4 nitrogen and oxygen atoms in total. The normalized spacial score (nSPS) is 10.3. The highest BCUT2D eigenvalue weighted by Crippen LogP contribution is 2.25. The second kappa shape index (κ2) is 9.65. The summed E-state index contributed by atoms with van der Waals surface area (Å²) in [5.41, 5.74) is 3.53. The van der Waals surface area contributed by atoms with Crippen LogP contribution in [-0.2, 0) is 22.4 Å². The van der Waals surface area contributed by atoms with Crippen molar-refractivity contribution in [2.75, 3.05) is 0 Å². The van der Waals surface area contributed by atoms with Gasteiger partial charge in [0.05, 0.1) is 0 Å². The molecule has 0 aromatic heterocycles. The number of carbonyl (C=O) groups excluding carboxylic acids is 2. The first-order valence-corrected chi connectivity index (χ1v) is 9.42. The van der Waals surface area contributed by atoms with Gasteiger partial charge in [-0.3, -0.25) is 4.79 Å². The quantitative estimate of drug-likeness (QED) is 0.221. The van der Waals surface area contributed by atoms with Gasteiger partial charge in [-0.05, 0) is 72.4 Å². The molecule has 0 aliphatic carbocycles. The predicted molar refractivity (Wildman–Crippen MR) is 113 cm³/mol. The Balaban J connectivity index is 1.65. The Morgan fingerprint density at radius 1 is 0.933 bits per heavy atom. The fourth-order valence-corrected chi connectivity index (χ4v) is 2.91. The molecule has 5 heteroatoms. The third-order valence-electron chi connectivity index (χ3n) is 4.59. The van der Waals surface area contributed by atoms with Crippen molar-refractivity contribution in [3.63, 3.8) is 0 Å². The Labute approximate surface area is 174 Å². The summed E-state index contributed by atoms with van der Waals surface area (Å²) >= 11 is 0. The summed E-state index contributed by atoms with van der Waals surface area (Å²) in [4.78, 5) is 21.9.